The van der Waals surface area contributed by atoms with Crippen molar-refractivity contribution in [2.45, 2.75) is 23.5 Å². The Hall–Kier alpha value is -2.90. The van der Waals surface area contributed by atoms with Crippen molar-refractivity contribution >= 4 is 46.7 Å². The summed E-state index contributed by atoms with van der Waals surface area (Å²) in [5.41, 5.74) is 0.944. The maximum Gasteiger partial charge on any atom is 0.255 e. The van der Waals surface area contributed by atoms with Crippen LogP contribution in [0.25, 0.3) is 0 Å². The Kier molecular flexibility index (Phi) is 7.43. The van der Waals surface area contributed by atoms with E-state index in [2.05, 4.69) is 15.6 Å². The average molecular weight is 444 g/mol. The predicted octanol–water partition coefficient (Wildman–Crippen LogP) is 5.64. The number of aromatic nitrogens is 1. The first-order chi connectivity index (χ1) is 14.4. The highest BCUT2D eigenvalue weighted by Crippen LogP contribution is 2.28. The molecule has 0 aliphatic carbocycles. The molecule has 1 atom stereocenters. The lowest BCUT2D eigenvalue weighted by Gasteiger charge is -2.15. The van der Waals surface area contributed by atoms with Crippen LogP contribution in [-0.2, 0) is 4.79 Å². The normalized spacial score (nSPS) is 11.6. The van der Waals surface area contributed by atoms with Gasteiger partial charge in [-0.25, -0.2) is 9.37 Å². The standard InChI is InChI=1S/C22H19ClFN3O2S/c1-2-19(22(29)27-20-11-8-15(23)13-25-20)30-18-5-3-4-17(12-18)26-21(28)14-6-9-16(24)10-7-14/h3-13,19H,2H2,1H3,(H,26,28)(H,25,27,29). The summed E-state index contributed by atoms with van der Waals surface area (Å²) in [7, 11) is 0. The number of thioether (sulfide) groups is 1. The third-order valence-corrected chi connectivity index (χ3v) is 5.70. The zero-order valence-electron chi connectivity index (χ0n) is 16.1. The van der Waals surface area contributed by atoms with Gasteiger partial charge in [0, 0.05) is 22.3 Å². The second kappa shape index (κ2) is 10.2. The molecule has 30 heavy (non-hydrogen) atoms. The molecule has 0 aliphatic heterocycles. The van der Waals surface area contributed by atoms with E-state index in [1.165, 1.54) is 42.2 Å². The number of halogens is 2. The molecule has 8 heteroatoms. The van der Waals surface area contributed by atoms with Crippen molar-refractivity contribution in [3.05, 3.63) is 83.3 Å². The Balaban J connectivity index is 1.65. The molecule has 0 saturated heterocycles. The number of hydrogen-bond acceptors (Lipinski definition) is 4. The molecule has 2 N–H and O–H groups in total. The van der Waals surface area contributed by atoms with Gasteiger partial charge in [0.25, 0.3) is 5.91 Å². The van der Waals surface area contributed by atoms with E-state index in [9.17, 15) is 14.0 Å². The predicted molar refractivity (Wildman–Crippen MR) is 119 cm³/mol. The first-order valence-electron chi connectivity index (χ1n) is 9.20. The van der Waals surface area contributed by atoms with Gasteiger partial charge in [-0.2, -0.15) is 0 Å². The Morgan fingerprint density at radius 3 is 2.53 bits per heavy atom. The minimum Gasteiger partial charge on any atom is -0.322 e. The Bertz CT molecular complexity index is 1030. The molecular weight excluding hydrogens is 425 g/mol. The number of pyridine rings is 1. The molecular formula is C22H19ClFN3O2S. The second-order valence-electron chi connectivity index (χ2n) is 6.35. The quantitative estimate of drug-likeness (QED) is 0.464. The summed E-state index contributed by atoms with van der Waals surface area (Å²) in [6.45, 7) is 1.92. The molecule has 3 aromatic rings. The summed E-state index contributed by atoms with van der Waals surface area (Å²) in [5, 5.41) is 5.72. The van der Waals surface area contributed by atoms with Crippen molar-refractivity contribution < 1.29 is 14.0 Å². The summed E-state index contributed by atoms with van der Waals surface area (Å²) in [4.78, 5) is 29.8. The minimum absolute atomic E-state index is 0.168. The van der Waals surface area contributed by atoms with E-state index in [0.717, 1.165) is 4.90 Å². The molecule has 1 heterocycles. The molecule has 0 aliphatic rings. The van der Waals surface area contributed by atoms with E-state index in [-0.39, 0.29) is 17.1 Å². The second-order valence-corrected chi connectivity index (χ2v) is 8.07. The topological polar surface area (TPSA) is 71.1 Å². The number of nitrogens with zero attached hydrogens (tertiary/aromatic N) is 1. The van der Waals surface area contributed by atoms with Crippen molar-refractivity contribution in [3.63, 3.8) is 0 Å². The van der Waals surface area contributed by atoms with E-state index < -0.39 is 5.82 Å². The van der Waals surface area contributed by atoms with E-state index in [0.29, 0.717) is 28.5 Å². The average Bonchev–Trinajstić information content (AvgIpc) is 2.74. The van der Waals surface area contributed by atoms with Gasteiger partial charge in [-0.05, 0) is 61.0 Å². The van der Waals surface area contributed by atoms with Crippen molar-refractivity contribution in [2.75, 3.05) is 10.6 Å². The zero-order chi connectivity index (χ0) is 21.5. The molecule has 0 bridgehead atoms. The highest BCUT2D eigenvalue weighted by molar-refractivity contribution is 8.00. The lowest BCUT2D eigenvalue weighted by molar-refractivity contribution is -0.115. The van der Waals surface area contributed by atoms with E-state index >= 15 is 0 Å². The fourth-order valence-electron chi connectivity index (χ4n) is 2.59. The van der Waals surface area contributed by atoms with Crippen LogP contribution in [0.1, 0.15) is 23.7 Å². The van der Waals surface area contributed by atoms with Gasteiger partial charge < -0.3 is 10.6 Å². The van der Waals surface area contributed by atoms with Crippen LogP contribution < -0.4 is 10.6 Å². The molecule has 1 unspecified atom stereocenters. The van der Waals surface area contributed by atoms with Gasteiger partial charge in [-0.1, -0.05) is 24.6 Å². The molecule has 154 valence electrons. The number of benzene rings is 2. The van der Waals surface area contributed by atoms with Crippen LogP contribution in [0.5, 0.6) is 0 Å². The number of amides is 2. The highest BCUT2D eigenvalue weighted by Gasteiger charge is 2.19. The van der Waals surface area contributed by atoms with Gasteiger partial charge in [-0.3, -0.25) is 9.59 Å². The number of hydrogen-bond donors (Lipinski definition) is 2. The van der Waals surface area contributed by atoms with Gasteiger partial charge in [-0.15, -0.1) is 11.8 Å². The van der Waals surface area contributed by atoms with Crippen molar-refractivity contribution in [1.29, 1.82) is 0 Å². The molecule has 3 rings (SSSR count). The van der Waals surface area contributed by atoms with Crippen LogP contribution in [0.2, 0.25) is 5.02 Å². The minimum atomic E-state index is -0.400. The first kappa shape index (κ1) is 21.8. The molecule has 0 fully saturated rings. The number of carbonyl (C=O) groups excluding carboxylic acids is 2. The Labute approximate surface area is 183 Å². The molecule has 0 radical (unpaired) electrons. The summed E-state index contributed by atoms with van der Waals surface area (Å²) < 4.78 is 13.0. The molecule has 2 amide bonds. The van der Waals surface area contributed by atoms with E-state index in [1.54, 1.807) is 30.3 Å². The monoisotopic (exact) mass is 443 g/mol. The maximum atomic E-state index is 13.0. The lowest BCUT2D eigenvalue weighted by atomic mass is 10.2. The molecule has 5 nitrogen and oxygen atoms in total. The third-order valence-electron chi connectivity index (χ3n) is 4.12. The number of rotatable bonds is 7. The summed E-state index contributed by atoms with van der Waals surface area (Å²) in [6.07, 6.45) is 2.08. The van der Waals surface area contributed by atoms with Gasteiger partial charge in [0.05, 0.1) is 10.3 Å². The van der Waals surface area contributed by atoms with Crippen LogP contribution in [0.15, 0.2) is 71.8 Å². The first-order valence-corrected chi connectivity index (χ1v) is 10.5. The summed E-state index contributed by atoms with van der Waals surface area (Å²) in [5.74, 6) is -0.472. The van der Waals surface area contributed by atoms with Gasteiger partial charge in [0.2, 0.25) is 5.91 Å². The fourth-order valence-corrected chi connectivity index (χ4v) is 3.72. The number of nitrogens with one attached hydrogen (secondary N) is 2. The van der Waals surface area contributed by atoms with Crippen LogP contribution in [0.3, 0.4) is 0 Å². The summed E-state index contributed by atoms with van der Waals surface area (Å²) >= 11 is 7.21. The largest absolute Gasteiger partial charge is 0.322 e. The number of carbonyl (C=O) groups is 2. The molecule has 2 aromatic carbocycles. The van der Waals surface area contributed by atoms with Crippen LogP contribution in [0, 0.1) is 5.82 Å². The van der Waals surface area contributed by atoms with Crippen molar-refractivity contribution in [3.8, 4) is 0 Å². The third kappa shape index (κ3) is 6.05. The van der Waals surface area contributed by atoms with E-state index in [1.807, 2.05) is 13.0 Å². The van der Waals surface area contributed by atoms with Crippen LogP contribution in [-0.4, -0.2) is 22.0 Å². The van der Waals surface area contributed by atoms with Gasteiger partial charge >= 0.3 is 0 Å². The molecule has 1 aromatic heterocycles. The smallest absolute Gasteiger partial charge is 0.255 e. The van der Waals surface area contributed by atoms with Crippen molar-refractivity contribution in [1.82, 2.24) is 4.98 Å². The summed E-state index contributed by atoms with van der Waals surface area (Å²) in [6, 6.07) is 15.8. The highest BCUT2D eigenvalue weighted by atomic mass is 35.5. The SMILES string of the molecule is CCC(Sc1cccc(NC(=O)c2ccc(F)cc2)c1)C(=O)Nc1ccc(Cl)cn1. The maximum absolute atomic E-state index is 13.0. The fraction of sp³-hybridized carbons (Fsp3) is 0.136. The lowest BCUT2D eigenvalue weighted by Crippen LogP contribution is -2.25. The Morgan fingerprint density at radius 2 is 1.87 bits per heavy atom. The van der Waals surface area contributed by atoms with Crippen LogP contribution in [0.4, 0.5) is 15.9 Å². The van der Waals surface area contributed by atoms with E-state index in [4.69, 9.17) is 11.6 Å². The van der Waals surface area contributed by atoms with Crippen LogP contribution >= 0.6 is 23.4 Å². The van der Waals surface area contributed by atoms with Gasteiger partial charge in [0.15, 0.2) is 0 Å². The molecule has 0 saturated carbocycles. The zero-order valence-corrected chi connectivity index (χ0v) is 17.6. The van der Waals surface area contributed by atoms with Crippen molar-refractivity contribution in [2.24, 2.45) is 0 Å². The van der Waals surface area contributed by atoms with Gasteiger partial charge in [0.1, 0.15) is 11.6 Å². The molecule has 0 spiro atoms. The number of anilines is 2. The Morgan fingerprint density at radius 1 is 1.10 bits per heavy atom.